The molecule has 19 heavy (non-hydrogen) atoms. The van der Waals surface area contributed by atoms with Crippen LogP contribution in [0.1, 0.15) is 30.1 Å². The van der Waals surface area contributed by atoms with Gasteiger partial charge in [-0.3, -0.25) is 0 Å². The second-order valence-electron chi connectivity index (χ2n) is 4.75. The van der Waals surface area contributed by atoms with E-state index in [1.165, 1.54) is 5.56 Å². The largest absolute Gasteiger partial charge is 0.493 e. The minimum Gasteiger partial charge on any atom is -0.493 e. The zero-order valence-corrected chi connectivity index (χ0v) is 11.1. The number of aromatic nitrogens is 1. The van der Waals surface area contributed by atoms with Crippen molar-refractivity contribution in [1.29, 1.82) is 0 Å². The van der Waals surface area contributed by atoms with E-state index in [1.54, 1.807) is 6.20 Å². The lowest BCUT2D eigenvalue weighted by Gasteiger charge is -2.08. The normalized spacial score (nSPS) is 17.2. The number of nitrogens with one attached hydrogen (secondary N) is 1. The van der Waals surface area contributed by atoms with Gasteiger partial charge in [-0.25, -0.2) is 4.98 Å². The summed E-state index contributed by atoms with van der Waals surface area (Å²) in [6.45, 7) is 4.35. The maximum atomic E-state index is 5.66. The first-order valence-electron chi connectivity index (χ1n) is 6.73. The highest BCUT2D eigenvalue weighted by atomic mass is 16.5. The van der Waals surface area contributed by atoms with Crippen LogP contribution in [0.4, 0.5) is 0 Å². The SMILES string of the molecule is CCc1cnc(CNCC2COc3ccccc32)o1. The van der Waals surface area contributed by atoms with Crippen LogP contribution < -0.4 is 10.1 Å². The van der Waals surface area contributed by atoms with Crippen molar-refractivity contribution >= 4 is 0 Å². The van der Waals surface area contributed by atoms with Crippen molar-refractivity contribution in [2.45, 2.75) is 25.8 Å². The van der Waals surface area contributed by atoms with Crippen LogP contribution >= 0.6 is 0 Å². The Labute approximate surface area is 112 Å². The molecule has 0 spiro atoms. The van der Waals surface area contributed by atoms with E-state index in [0.717, 1.165) is 37.0 Å². The van der Waals surface area contributed by atoms with Crippen molar-refractivity contribution in [3.8, 4) is 5.75 Å². The predicted molar refractivity (Wildman–Crippen MR) is 72.3 cm³/mol. The highest BCUT2D eigenvalue weighted by molar-refractivity contribution is 5.39. The molecule has 0 fully saturated rings. The molecule has 0 saturated carbocycles. The van der Waals surface area contributed by atoms with Gasteiger partial charge in [0, 0.05) is 24.4 Å². The quantitative estimate of drug-likeness (QED) is 0.895. The fourth-order valence-electron chi connectivity index (χ4n) is 2.34. The van der Waals surface area contributed by atoms with Crippen LogP contribution in [0.5, 0.6) is 5.75 Å². The van der Waals surface area contributed by atoms with Gasteiger partial charge in [0.2, 0.25) is 5.89 Å². The van der Waals surface area contributed by atoms with Gasteiger partial charge in [-0.1, -0.05) is 25.1 Å². The number of fused-ring (bicyclic) bond motifs is 1. The molecule has 1 aliphatic heterocycles. The number of nitrogens with zero attached hydrogens (tertiary/aromatic N) is 1. The predicted octanol–water partition coefficient (Wildman–Crippen LogP) is 2.50. The van der Waals surface area contributed by atoms with E-state index in [1.807, 2.05) is 12.1 Å². The van der Waals surface area contributed by atoms with Crippen LogP contribution in [0.2, 0.25) is 0 Å². The molecule has 0 aliphatic carbocycles. The molecule has 1 aromatic heterocycles. The summed E-state index contributed by atoms with van der Waals surface area (Å²) in [6.07, 6.45) is 2.68. The van der Waals surface area contributed by atoms with E-state index >= 15 is 0 Å². The lowest BCUT2D eigenvalue weighted by Crippen LogP contribution is -2.22. The fraction of sp³-hybridized carbons (Fsp3) is 0.400. The Bertz CT molecular complexity index is 551. The van der Waals surface area contributed by atoms with Crippen molar-refractivity contribution in [3.05, 3.63) is 47.7 Å². The summed E-state index contributed by atoms with van der Waals surface area (Å²) in [4.78, 5) is 4.24. The molecule has 3 rings (SSSR count). The molecule has 0 saturated heterocycles. The molecule has 0 amide bonds. The van der Waals surface area contributed by atoms with Gasteiger partial charge in [0.15, 0.2) is 0 Å². The molecule has 100 valence electrons. The maximum Gasteiger partial charge on any atom is 0.208 e. The summed E-state index contributed by atoms with van der Waals surface area (Å²) in [5.74, 6) is 3.12. The summed E-state index contributed by atoms with van der Waals surface area (Å²) in [7, 11) is 0. The van der Waals surface area contributed by atoms with Gasteiger partial charge in [0.25, 0.3) is 0 Å². The van der Waals surface area contributed by atoms with Gasteiger partial charge in [-0.15, -0.1) is 0 Å². The van der Waals surface area contributed by atoms with Crippen molar-refractivity contribution < 1.29 is 9.15 Å². The zero-order chi connectivity index (χ0) is 13.1. The first-order valence-corrected chi connectivity index (χ1v) is 6.73. The first-order chi connectivity index (χ1) is 9.36. The van der Waals surface area contributed by atoms with Crippen LogP contribution in [0.3, 0.4) is 0 Å². The summed E-state index contributed by atoms with van der Waals surface area (Å²) in [6, 6.07) is 8.22. The van der Waals surface area contributed by atoms with E-state index < -0.39 is 0 Å². The summed E-state index contributed by atoms with van der Waals surface area (Å²) in [5.41, 5.74) is 1.29. The van der Waals surface area contributed by atoms with Crippen molar-refractivity contribution in [2.24, 2.45) is 0 Å². The Morgan fingerprint density at radius 1 is 1.37 bits per heavy atom. The number of hydrogen-bond acceptors (Lipinski definition) is 4. The Morgan fingerprint density at radius 2 is 2.26 bits per heavy atom. The lowest BCUT2D eigenvalue weighted by molar-refractivity contribution is 0.324. The summed E-state index contributed by atoms with van der Waals surface area (Å²) < 4.78 is 11.2. The molecule has 1 N–H and O–H groups in total. The second kappa shape index (κ2) is 5.45. The minimum absolute atomic E-state index is 0.414. The number of benzene rings is 1. The van der Waals surface area contributed by atoms with Crippen molar-refractivity contribution in [2.75, 3.05) is 13.2 Å². The van der Waals surface area contributed by atoms with Gasteiger partial charge < -0.3 is 14.5 Å². The van der Waals surface area contributed by atoms with Crippen molar-refractivity contribution in [3.63, 3.8) is 0 Å². The van der Waals surface area contributed by atoms with Crippen LogP contribution in [0.25, 0.3) is 0 Å². The van der Waals surface area contributed by atoms with E-state index in [0.29, 0.717) is 12.5 Å². The summed E-state index contributed by atoms with van der Waals surface area (Å²) >= 11 is 0. The van der Waals surface area contributed by atoms with Crippen molar-refractivity contribution in [1.82, 2.24) is 10.3 Å². The highest BCUT2D eigenvalue weighted by Crippen LogP contribution is 2.32. The van der Waals surface area contributed by atoms with E-state index in [2.05, 4.69) is 29.4 Å². The number of aryl methyl sites for hydroxylation is 1. The first kappa shape index (κ1) is 12.2. The van der Waals surface area contributed by atoms with Gasteiger partial charge in [0.05, 0.1) is 19.3 Å². The number of hydrogen-bond donors (Lipinski definition) is 1. The fourth-order valence-corrected chi connectivity index (χ4v) is 2.34. The molecule has 1 atom stereocenters. The van der Waals surface area contributed by atoms with Crippen LogP contribution in [-0.4, -0.2) is 18.1 Å². The summed E-state index contributed by atoms with van der Waals surface area (Å²) in [5, 5.41) is 3.39. The van der Waals surface area contributed by atoms with Crippen LogP contribution in [0, 0.1) is 0 Å². The molecular weight excluding hydrogens is 240 g/mol. The van der Waals surface area contributed by atoms with Crippen LogP contribution in [-0.2, 0) is 13.0 Å². The molecule has 1 aliphatic rings. The highest BCUT2D eigenvalue weighted by Gasteiger charge is 2.23. The Balaban J connectivity index is 1.53. The van der Waals surface area contributed by atoms with Gasteiger partial charge in [-0.2, -0.15) is 0 Å². The number of oxazole rings is 1. The monoisotopic (exact) mass is 258 g/mol. The topological polar surface area (TPSA) is 47.3 Å². The second-order valence-corrected chi connectivity index (χ2v) is 4.75. The minimum atomic E-state index is 0.414. The molecule has 1 unspecified atom stereocenters. The number of para-hydroxylation sites is 1. The third-order valence-corrected chi connectivity index (χ3v) is 3.42. The van der Waals surface area contributed by atoms with E-state index in [4.69, 9.17) is 9.15 Å². The third kappa shape index (κ3) is 2.63. The van der Waals surface area contributed by atoms with Gasteiger partial charge in [0.1, 0.15) is 11.5 Å². The molecule has 1 aromatic carbocycles. The molecule has 0 radical (unpaired) electrons. The smallest absolute Gasteiger partial charge is 0.208 e. The van der Waals surface area contributed by atoms with Crippen LogP contribution in [0.15, 0.2) is 34.9 Å². The average molecular weight is 258 g/mol. The molecular formula is C15H18N2O2. The lowest BCUT2D eigenvalue weighted by atomic mass is 10.0. The standard InChI is InChI=1S/C15H18N2O2/c1-2-12-8-17-15(19-12)9-16-7-11-10-18-14-6-4-3-5-13(11)14/h3-6,8,11,16H,2,7,9-10H2,1H3. The van der Waals surface area contributed by atoms with Gasteiger partial charge in [-0.05, 0) is 6.07 Å². The van der Waals surface area contributed by atoms with E-state index in [9.17, 15) is 0 Å². The molecule has 2 aromatic rings. The average Bonchev–Trinajstić information content (AvgIpc) is 3.06. The number of ether oxygens (including phenoxy) is 1. The molecule has 0 bridgehead atoms. The maximum absolute atomic E-state index is 5.66. The molecule has 4 nitrogen and oxygen atoms in total. The Kier molecular flexibility index (Phi) is 3.51. The van der Waals surface area contributed by atoms with Gasteiger partial charge >= 0.3 is 0 Å². The number of rotatable bonds is 5. The molecule has 2 heterocycles. The Morgan fingerprint density at radius 3 is 3.11 bits per heavy atom. The molecule has 4 heteroatoms. The van der Waals surface area contributed by atoms with E-state index in [-0.39, 0.29) is 0 Å². The third-order valence-electron chi connectivity index (χ3n) is 3.42. The Hall–Kier alpha value is -1.81. The zero-order valence-electron chi connectivity index (χ0n) is 11.1.